The number of aliphatic hydroxyl groups is 1. The van der Waals surface area contributed by atoms with Crippen molar-refractivity contribution in [1.29, 1.82) is 0 Å². The second-order valence-corrected chi connectivity index (χ2v) is 6.72. The van der Waals surface area contributed by atoms with Crippen LogP contribution in [0.4, 0.5) is 0 Å². The molecular weight excluding hydrogens is 250 g/mol. The van der Waals surface area contributed by atoms with Crippen molar-refractivity contribution in [3.63, 3.8) is 0 Å². The Morgan fingerprint density at radius 1 is 1.35 bits per heavy atom. The second kappa shape index (κ2) is 5.86. The fourth-order valence-electron chi connectivity index (χ4n) is 3.76. The number of likely N-dealkylation sites (tertiary alicyclic amines) is 1. The van der Waals surface area contributed by atoms with Crippen LogP contribution in [0, 0.1) is 5.92 Å². The predicted molar refractivity (Wildman–Crippen MR) is 79.8 cm³/mol. The number of aromatic nitrogens is 2. The topological polar surface area (TPSA) is 41.3 Å². The molecule has 0 amide bonds. The van der Waals surface area contributed by atoms with Gasteiger partial charge >= 0.3 is 0 Å². The van der Waals surface area contributed by atoms with Crippen LogP contribution in [-0.2, 0) is 13.0 Å². The molecule has 0 saturated carbocycles. The van der Waals surface area contributed by atoms with E-state index in [0.717, 1.165) is 25.3 Å². The molecule has 4 nitrogen and oxygen atoms in total. The van der Waals surface area contributed by atoms with Crippen molar-refractivity contribution in [2.24, 2.45) is 5.92 Å². The van der Waals surface area contributed by atoms with E-state index in [1.165, 1.54) is 37.4 Å². The van der Waals surface area contributed by atoms with Crippen LogP contribution in [-0.4, -0.2) is 45.3 Å². The molecule has 1 fully saturated rings. The molecule has 1 N–H and O–H groups in total. The van der Waals surface area contributed by atoms with Crippen LogP contribution < -0.4 is 0 Å². The summed E-state index contributed by atoms with van der Waals surface area (Å²) in [7, 11) is 0. The Balaban J connectivity index is 1.69. The number of fused-ring (bicyclic) bond motifs is 1. The van der Waals surface area contributed by atoms with Gasteiger partial charge in [0.05, 0.1) is 6.61 Å². The standard InChI is InChI=1S/C16H27N3O/c1-12(2)18-7-5-13(10-18)8-16-17-9-15-14(11-20)4-3-6-19(15)16/h9,12-14,20H,3-8,10-11H2,1-2H3. The molecule has 20 heavy (non-hydrogen) atoms. The van der Waals surface area contributed by atoms with E-state index in [4.69, 9.17) is 0 Å². The molecule has 3 heterocycles. The molecule has 1 saturated heterocycles. The third-order valence-corrected chi connectivity index (χ3v) is 5.06. The zero-order valence-electron chi connectivity index (χ0n) is 12.8. The normalized spacial score (nSPS) is 27.2. The highest BCUT2D eigenvalue weighted by molar-refractivity contribution is 5.14. The average molecular weight is 277 g/mol. The first-order chi connectivity index (χ1) is 9.69. The van der Waals surface area contributed by atoms with Gasteiger partial charge in [0.15, 0.2) is 0 Å². The van der Waals surface area contributed by atoms with E-state index in [1.54, 1.807) is 0 Å². The number of aliphatic hydroxyl groups excluding tert-OH is 1. The molecule has 2 aliphatic rings. The van der Waals surface area contributed by atoms with E-state index >= 15 is 0 Å². The minimum absolute atomic E-state index is 0.260. The van der Waals surface area contributed by atoms with Crippen molar-refractivity contribution in [3.8, 4) is 0 Å². The van der Waals surface area contributed by atoms with Crippen molar-refractivity contribution < 1.29 is 5.11 Å². The van der Waals surface area contributed by atoms with Gasteiger partial charge < -0.3 is 14.6 Å². The average Bonchev–Trinajstić information content (AvgIpc) is 3.06. The summed E-state index contributed by atoms with van der Waals surface area (Å²) in [5.74, 6) is 2.30. The Kier molecular flexibility index (Phi) is 4.13. The van der Waals surface area contributed by atoms with E-state index in [2.05, 4.69) is 28.3 Å². The van der Waals surface area contributed by atoms with Crippen molar-refractivity contribution in [3.05, 3.63) is 17.7 Å². The first kappa shape index (κ1) is 14.1. The molecule has 2 atom stereocenters. The first-order valence-corrected chi connectivity index (χ1v) is 8.08. The van der Waals surface area contributed by atoms with Crippen molar-refractivity contribution in [2.75, 3.05) is 19.7 Å². The fourth-order valence-corrected chi connectivity index (χ4v) is 3.76. The van der Waals surface area contributed by atoms with Crippen LogP contribution in [0.25, 0.3) is 0 Å². The fraction of sp³-hybridized carbons (Fsp3) is 0.812. The number of rotatable bonds is 4. The minimum Gasteiger partial charge on any atom is -0.396 e. The third-order valence-electron chi connectivity index (χ3n) is 5.06. The predicted octanol–water partition coefficient (Wildman–Crippen LogP) is 2.03. The maximum absolute atomic E-state index is 9.48. The van der Waals surface area contributed by atoms with Gasteiger partial charge in [-0.2, -0.15) is 0 Å². The summed E-state index contributed by atoms with van der Waals surface area (Å²) < 4.78 is 2.38. The quantitative estimate of drug-likeness (QED) is 0.915. The van der Waals surface area contributed by atoms with Gasteiger partial charge in [0, 0.05) is 43.4 Å². The van der Waals surface area contributed by atoms with Gasteiger partial charge in [-0.05, 0) is 45.6 Å². The lowest BCUT2D eigenvalue weighted by Crippen LogP contribution is -2.28. The van der Waals surface area contributed by atoms with E-state index in [0.29, 0.717) is 12.0 Å². The van der Waals surface area contributed by atoms with E-state index < -0.39 is 0 Å². The molecule has 1 aromatic rings. The van der Waals surface area contributed by atoms with Crippen LogP contribution in [0.3, 0.4) is 0 Å². The third kappa shape index (κ3) is 2.63. The van der Waals surface area contributed by atoms with E-state index in [9.17, 15) is 5.11 Å². The summed E-state index contributed by atoms with van der Waals surface area (Å²) in [6.07, 6.45) is 6.67. The monoisotopic (exact) mass is 277 g/mol. The van der Waals surface area contributed by atoms with Gasteiger partial charge in [0.1, 0.15) is 5.82 Å². The van der Waals surface area contributed by atoms with Gasteiger partial charge in [0.2, 0.25) is 0 Å². The van der Waals surface area contributed by atoms with Crippen molar-refractivity contribution in [1.82, 2.24) is 14.5 Å². The molecule has 112 valence electrons. The lowest BCUT2D eigenvalue weighted by molar-refractivity contribution is 0.239. The molecular formula is C16H27N3O. The second-order valence-electron chi connectivity index (χ2n) is 6.72. The number of imidazole rings is 1. The minimum atomic E-state index is 0.260. The van der Waals surface area contributed by atoms with Gasteiger partial charge in [-0.25, -0.2) is 4.98 Å². The molecule has 0 aromatic carbocycles. The summed E-state index contributed by atoms with van der Waals surface area (Å²) in [4.78, 5) is 7.23. The van der Waals surface area contributed by atoms with E-state index in [1.807, 2.05) is 6.20 Å². The lowest BCUT2D eigenvalue weighted by Gasteiger charge is -2.24. The Bertz CT molecular complexity index is 455. The highest BCUT2D eigenvalue weighted by atomic mass is 16.3. The number of hydrogen-bond acceptors (Lipinski definition) is 3. The Labute approximate surface area is 121 Å². The van der Waals surface area contributed by atoms with Crippen LogP contribution in [0.5, 0.6) is 0 Å². The molecule has 1 aromatic heterocycles. The van der Waals surface area contributed by atoms with Gasteiger partial charge in [-0.3, -0.25) is 0 Å². The largest absolute Gasteiger partial charge is 0.396 e. The molecule has 0 bridgehead atoms. The van der Waals surface area contributed by atoms with Crippen molar-refractivity contribution >= 4 is 0 Å². The van der Waals surface area contributed by atoms with E-state index in [-0.39, 0.29) is 6.61 Å². The highest BCUT2D eigenvalue weighted by Crippen LogP contribution is 2.29. The molecule has 0 aliphatic carbocycles. The molecule has 0 spiro atoms. The lowest BCUT2D eigenvalue weighted by atomic mass is 9.97. The van der Waals surface area contributed by atoms with Gasteiger partial charge in [0.25, 0.3) is 0 Å². The Morgan fingerprint density at radius 3 is 2.90 bits per heavy atom. The van der Waals surface area contributed by atoms with Crippen LogP contribution >= 0.6 is 0 Å². The zero-order chi connectivity index (χ0) is 14.1. The summed E-state index contributed by atoms with van der Waals surface area (Å²) in [5, 5.41) is 9.48. The smallest absolute Gasteiger partial charge is 0.109 e. The molecule has 3 rings (SSSR count). The van der Waals surface area contributed by atoms with Gasteiger partial charge in [-0.15, -0.1) is 0 Å². The Hall–Kier alpha value is -0.870. The number of hydrogen-bond donors (Lipinski definition) is 1. The van der Waals surface area contributed by atoms with Crippen LogP contribution in [0.1, 0.15) is 50.5 Å². The molecule has 2 unspecified atom stereocenters. The summed E-state index contributed by atoms with van der Waals surface area (Å²) in [6.45, 7) is 8.35. The van der Waals surface area contributed by atoms with Crippen molar-refractivity contribution in [2.45, 2.75) is 58.0 Å². The molecule has 0 radical (unpaired) electrons. The summed E-state index contributed by atoms with van der Waals surface area (Å²) in [5.41, 5.74) is 1.26. The molecule has 2 aliphatic heterocycles. The summed E-state index contributed by atoms with van der Waals surface area (Å²) in [6, 6.07) is 0.660. The van der Waals surface area contributed by atoms with Crippen LogP contribution in [0.2, 0.25) is 0 Å². The van der Waals surface area contributed by atoms with Crippen LogP contribution in [0.15, 0.2) is 6.20 Å². The Morgan fingerprint density at radius 2 is 2.20 bits per heavy atom. The first-order valence-electron chi connectivity index (χ1n) is 8.08. The maximum Gasteiger partial charge on any atom is 0.109 e. The maximum atomic E-state index is 9.48. The number of nitrogens with zero attached hydrogens (tertiary/aromatic N) is 3. The highest BCUT2D eigenvalue weighted by Gasteiger charge is 2.28. The zero-order valence-corrected chi connectivity index (χ0v) is 12.8. The molecule has 4 heteroatoms. The summed E-state index contributed by atoms with van der Waals surface area (Å²) >= 11 is 0. The van der Waals surface area contributed by atoms with Gasteiger partial charge in [-0.1, -0.05) is 0 Å². The SMILES string of the molecule is CC(C)N1CCC(Cc2ncc3n2CCCC3CO)C1.